The van der Waals surface area contributed by atoms with Gasteiger partial charge in [-0.25, -0.2) is 0 Å². The third-order valence-corrected chi connectivity index (χ3v) is 5.37. The molecule has 0 aliphatic heterocycles. The van der Waals surface area contributed by atoms with Gasteiger partial charge in [0.2, 0.25) is 0 Å². The van der Waals surface area contributed by atoms with Crippen molar-refractivity contribution in [2.24, 2.45) is 0 Å². The van der Waals surface area contributed by atoms with E-state index in [0.717, 1.165) is 10.9 Å². The Bertz CT molecular complexity index is 758. The molecule has 0 bridgehead atoms. The maximum absolute atomic E-state index is 12.3. The predicted octanol–water partition coefficient (Wildman–Crippen LogP) is 5.70. The zero-order valence-electron chi connectivity index (χ0n) is 9.65. The fourth-order valence-electron chi connectivity index (χ4n) is 1.97. The van der Waals surface area contributed by atoms with Crippen molar-refractivity contribution in [2.45, 2.75) is 6.42 Å². The van der Waals surface area contributed by atoms with Gasteiger partial charge in [0.25, 0.3) is 0 Å². The molecule has 96 valence electrons. The highest BCUT2D eigenvalue weighted by Crippen LogP contribution is 2.33. The van der Waals surface area contributed by atoms with Crippen molar-refractivity contribution >= 4 is 61.7 Å². The molecule has 0 fully saturated rings. The summed E-state index contributed by atoms with van der Waals surface area (Å²) >= 11 is 14.8. The Kier molecular flexibility index (Phi) is 3.63. The van der Waals surface area contributed by atoms with E-state index in [1.807, 2.05) is 23.6 Å². The van der Waals surface area contributed by atoms with Crippen LogP contribution in [-0.2, 0) is 6.42 Å². The van der Waals surface area contributed by atoms with Crippen LogP contribution in [0.4, 0.5) is 0 Å². The highest BCUT2D eigenvalue weighted by molar-refractivity contribution is 7.20. The summed E-state index contributed by atoms with van der Waals surface area (Å²) in [6.45, 7) is 0. The van der Waals surface area contributed by atoms with Crippen LogP contribution in [0, 0.1) is 0 Å². The predicted molar refractivity (Wildman–Crippen MR) is 84.2 cm³/mol. The Morgan fingerprint density at radius 1 is 1.21 bits per heavy atom. The van der Waals surface area contributed by atoms with E-state index in [9.17, 15) is 4.79 Å². The number of fused-ring (bicyclic) bond motifs is 1. The van der Waals surface area contributed by atoms with E-state index in [4.69, 9.17) is 23.2 Å². The molecule has 0 aliphatic carbocycles. The quantitative estimate of drug-likeness (QED) is 0.564. The first-order valence-electron chi connectivity index (χ1n) is 5.58. The zero-order valence-corrected chi connectivity index (χ0v) is 12.8. The molecular weight excluding hydrogens is 319 g/mol. The molecule has 0 amide bonds. The highest BCUT2D eigenvalue weighted by Gasteiger charge is 2.16. The second-order valence-electron chi connectivity index (χ2n) is 4.09. The summed E-state index contributed by atoms with van der Waals surface area (Å²) in [5.74, 6) is 0.0108. The summed E-state index contributed by atoms with van der Waals surface area (Å²) in [6, 6.07) is 9.72. The number of rotatable bonds is 3. The number of ketones is 1. The number of carbonyl (C=O) groups is 1. The maximum Gasteiger partial charge on any atom is 0.169 e. The Morgan fingerprint density at radius 2 is 2.00 bits per heavy atom. The van der Waals surface area contributed by atoms with Crippen LogP contribution in [0.2, 0.25) is 8.67 Å². The Hall–Kier alpha value is -0.870. The average Bonchev–Trinajstić information content (AvgIpc) is 2.94. The normalized spacial score (nSPS) is 11.1. The fraction of sp³-hybridized carbons (Fsp3) is 0.0714. The topological polar surface area (TPSA) is 17.1 Å². The van der Waals surface area contributed by atoms with Crippen LogP contribution in [0.15, 0.2) is 35.7 Å². The van der Waals surface area contributed by atoms with E-state index in [1.165, 1.54) is 16.0 Å². The first-order chi connectivity index (χ1) is 9.15. The third kappa shape index (κ3) is 2.56. The molecule has 3 aromatic rings. The van der Waals surface area contributed by atoms with Crippen LogP contribution in [0.3, 0.4) is 0 Å². The maximum atomic E-state index is 12.3. The number of halogens is 2. The molecule has 1 nitrogen and oxygen atoms in total. The molecule has 0 saturated heterocycles. The molecule has 1 aromatic carbocycles. The van der Waals surface area contributed by atoms with Gasteiger partial charge in [-0.15, -0.1) is 22.7 Å². The summed E-state index contributed by atoms with van der Waals surface area (Å²) < 4.78 is 2.21. The Balaban J connectivity index is 1.93. The second-order valence-corrected chi connectivity index (χ2v) is 7.29. The molecule has 0 atom stereocenters. The molecule has 5 heteroatoms. The Labute approximate surface area is 128 Å². The van der Waals surface area contributed by atoms with Crippen molar-refractivity contribution in [1.29, 1.82) is 0 Å². The van der Waals surface area contributed by atoms with Crippen LogP contribution >= 0.6 is 45.9 Å². The number of carbonyl (C=O) groups excluding carboxylic acids is 1. The molecule has 0 aliphatic rings. The standard InChI is InChI=1S/C14H8Cl2OS2/c15-13-6-10(14(16)19-13)11(17)5-8-7-18-12-4-2-1-3-9(8)12/h1-4,6-7H,5H2. The molecule has 2 aromatic heterocycles. The van der Waals surface area contributed by atoms with Crippen molar-refractivity contribution in [3.05, 3.63) is 55.5 Å². The minimum absolute atomic E-state index is 0.0108. The van der Waals surface area contributed by atoms with Crippen LogP contribution in [0.25, 0.3) is 10.1 Å². The zero-order chi connectivity index (χ0) is 13.4. The van der Waals surface area contributed by atoms with Crippen LogP contribution in [0.5, 0.6) is 0 Å². The largest absolute Gasteiger partial charge is 0.294 e. The molecule has 0 radical (unpaired) electrons. The summed E-state index contributed by atoms with van der Waals surface area (Å²) in [6.07, 6.45) is 0.358. The molecule has 0 saturated carbocycles. The number of Topliss-reactive ketones (excluding diaryl/α,β-unsaturated/α-hetero) is 1. The molecule has 2 heterocycles. The summed E-state index contributed by atoms with van der Waals surface area (Å²) in [5.41, 5.74) is 1.57. The van der Waals surface area contributed by atoms with Crippen molar-refractivity contribution in [3.63, 3.8) is 0 Å². The first kappa shape index (κ1) is 13.1. The van der Waals surface area contributed by atoms with E-state index in [1.54, 1.807) is 17.4 Å². The van der Waals surface area contributed by atoms with Gasteiger partial charge < -0.3 is 0 Å². The minimum atomic E-state index is 0.0108. The molecule has 19 heavy (non-hydrogen) atoms. The third-order valence-electron chi connectivity index (χ3n) is 2.87. The number of hydrogen-bond donors (Lipinski definition) is 0. The Morgan fingerprint density at radius 3 is 2.74 bits per heavy atom. The van der Waals surface area contributed by atoms with Crippen LogP contribution in [-0.4, -0.2) is 5.78 Å². The fourth-order valence-corrected chi connectivity index (χ4v) is 4.43. The molecule has 0 N–H and O–H groups in total. The number of hydrogen-bond acceptors (Lipinski definition) is 3. The van der Waals surface area contributed by atoms with Crippen molar-refractivity contribution < 1.29 is 4.79 Å². The lowest BCUT2D eigenvalue weighted by molar-refractivity contribution is 0.0994. The SMILES string of the molecule is O=C(Cc1csc2ccccc12)c1cc(Cl)sc1Cl. The van der Waals surface area contributed by atoms with Gasteiger partial charge in [0.05, 0.1) is 4.34 Å². The summed E-state index contributed by atoms with van der Waals surface area (Å²) in [4.78, 5) is 12.3. The molecule has 0 spiro atoms. The second kappa shape index (κ2) is 5.25. The van der Waals surface area contributed by atoms with Crippen LogP contribution < -0.4 is 0 Å². The lowest BCUT2D eigenvalue weighted by Gasteiger charge is -1.99. The lowest BCUT2D eigenvalue weighted by Crippen LogP contribution is -2.01. The van der Waals surface area contributed by atoms with E-state index in [2.05, 4.69) is 6.07 Å². The van der Waals surface area contributed by atoms with Crippen molar-refractivity contribution in [1.82, 2.24) is 0 Å². The van der Waals surface area contributed by atoms with Crippen LogP contribution in [0.1, 0.15) is 15.9 Å². The highest BCUT2D eigenvalue weighted by atomic mass is 35.5. The van der Waals surface area contributed by atoms with Gasteiger partial charge in [-0.3, -0.25) is 4.79 Å². The van der Waals surface area contributed by atoms with Gasteiger partial charge in [-0.1, -0.05) is 41.4 Å². The van der Waals surface area contributed by atoms with Gasteiger partial charge in [0, 0.05) is 16.7 Å². The average molecular weight is 327 g/mol. The molecular formula is C14H8Cl2OS2. The van der Waals surface area contributed by atoms with Gasteiger partial charge in [0.15, 0.2) is 5.78 Å². The van der Waals surface area contributed by atoms with Gasteiger partial charge in [-0.05, 0) is 28.5 Å². The van der Waals surface area contributed by atoms with Crippen molar-refractivity contribution in [3.8, 4) is 0 Å². The number of thiophene rings is 2. The number of benzene rings is 1. The molecule has 0 unspecified atom stereocenters. The molecule has 3 rings (SSSR count). The first-order valence-corrected chi connectivity index (χ1v) is 8.03. The monoisotopic (exact) mass is 326 g/mol. The van der Waals surface area contributed by atoms with Crippen molar-refractivity contribution in [2.75, 3.05) is 0 Å². The van der Waals surface area contributed by atoms with Gasteiger partial charge in [0.1, 0.15) is 4.34 Å². The van der Waals surface area contributed by atoms with E-state index < -0.39 is 0 Å². The smallest absolute Gasteiger partial charge is 0.169 e. The van der Waals surface area contributed by atoms with E-state index in [-0.39, 0.29) is 5.78 Å². The van der Waals surface area contributed by atoms with Gasteiger partial charge >= 0.3 is 0 Å². The minimum Gasteiger partial charge on any atom is -0.294 e. The lowest BCUT2D eigenvalue weighted by atomic mass is 10.0. The van der Waals surface area contributed by atoms with E-state index in [0.29, 0.717) is 20.7 Å². The summed E-state index contributed by atoms with van der Waals surface area (Å²) in [7, 11) is 0. The van der Waals surface area contributed by atoms with Gasteiger partial charge in [-0.2, -0.15) is 0 Å². The van der Waals surface area contributed by atoms with E-state index >= 15 is 0 Å². The summed E-state index contributed by atoms with van der Waals surface area (Å²) in [5, 5.41) is 3.17.